The average molecular weight is 418 g/mol. The number of hydrogen-bond acceptors (Lipinski definition) is 1. The van der Waals surface area contributed by atoms with Crippen LogP contribution in [0, 0.1) is 5.92 Å². The lowest BCUT2D eigenvalue weighted by Crippen LogP contribution is -2.32. The van der Waals surface area contributed by atoms with Gasteiger partial charge in [0.25, 0.3) is 0 Å². The molecule has 160 valence electrons. The third-order valence-corrected chi connectivity index (χ3v) is 6.84. The van der Waals surface area contributed by atoms with Gasteiger partial charge in [-0.3, -0.25) is 0 Å². The van der Waals surface area contributed by atoms with Crippen LogP contribution in [0.5, 0.6) is 0 Å². The standard InChI is InChI=1S/C31H31N/c1-32(22-24-11-5-2-6-12-24)23-29-18-17-28-21-27(25-13-7-3-8-14-25)19-20-30(28)31(29)26-15-9-4-10-16-26/h2-16,19-21,29,31H,17-18,22-23H2,1H3. The molecule has 0 bridgehead atoms. The fraction of sp³-hybridized carbons (Fsp3) is 0.226. The highest BCUT2D eigenvalue weighted by atomic mass is 15.1. The van der Waals surface area contributed by atoms with E-state index in [4.69, 9.17) is 0 Å². The first-order valence-electron chi connectivity index (χ1n) is 11.7. The van der Waals surface area contributed by atoms with Crippen LogP contribution in [-0.4, -0.2) is 18.5 Å². The zero-order chi connectivity index (χ0) is 21.8. The topological polar surface area (TPSA) is 3.24 Å². The van der Waals surface area contributed by atoms with Gasteiger partial charge in [-0.1, -0.05) is 109 Å². The molecule has 0 spiro atoms. The molecule has 1 aliphatic carbocycles. The lowest BCUT2D eigenvalue weighted by molar-refractivity contribution is 0.239. The van der Waals surface area contributed by atoms with Crippen LogP contribution < -0.4 is 0 Å². The molecule has 0 aromatic heterocycles. The number of hydrogen-bond donors (Lipinski definition) is 0. The van der Waals surface area contributed by atoms with Gasteiger partial charge in [0.2, 0.25) is 0 Å². The highest BCUT2D eigenvalue weighted by Gasteiger charge is 2.31. The molecule has 4 aromatic carbocycles. The van der Waals surface area contributed by atoms with Gasteiger partial charge in [0.15, 0.2) is 0 Å². The third kappa shape index (κ3) is 4.54. The van der Waals surface area contributed by atoms with Crippen LogP contribution >= 0.6 is 0 Å². The minimum atomic E-state index is 0.447. The molecule has 2 atom stereocenters. The first kappa shape index (κ1) is 20.7. The van der Waals surface area contributed by atoms with E-state index in [2.05, 4.69) is 121 Å². The summed E-state index contributed by atoms with van der Waals surface area (Å²) < 4.78 is 0. The predicted octanol–water partition coefficient (Wildman–Crippen LogP) is 7.18. The van der Waals surface area contributed by atoms with Crippen LogP contribution in [0.1, 0.15) is 34.6 Å². The lowest BCUT2D eigenvalue weighted by Gasteiger charge is -2.37. The minimum absolute atomic E-state index is 0.447. The van der Waals surface area contributed by atoms with Gasteiger partial charge >= 0.3 is 0 Å². The maximum atomic E-state index is 2.50. The molecule has 0 N–H and O–H groups in total. The molecule has 0 amide bonds. The molecule has 0 fully saturated rings. The Bertz CT molecular complexity index is 1130. The molecule has 32 heavy (non-hydrogen) atoms. The normalized spacial score (nSPS) is 17.8. The smallest absolute Gasteiger partial charge is 0.0230 e. The van der Waals surface area contributed by atoms with Crippen LogP contribution in [0.3, 0.4) is 0 Å². The van der Waals surface area contributed by atoms with Gasteiger partial charge in [0.1, 0.15) is 0 Å². The van der Waals surface area contributed by atoms with E-state index >= 15 is 0 Å². The summed E-state index contributed by atoms with van der Waals surface area (Å²) in [5.74, 6) is 1.06. The van der Waals surface area contributed by atoms with Gasteiger partial charge in [0.05, 0.1) is 0 Å². The van der Waals surface area contributed by atoms with E-state index in [0.29, 0.717) is 11.8 Å². The van der Waals surface area contributed by atoms with E-state index in [1.54, 1.807) is 0 Å². The fourth-order valence-electron chi connectivity index (χ4n) is 5.37. The highest BCUT2D eigenvalue weighted by molar-refractivity contribution is 5.65. The van der Waals surface area contributed by atoms with Crippen molar-refractivity contribution in [1.82, 2.24) is 4.90 Å². The van der Waals surface area contributed by atoms with Gasteiger partial charge in [-0.2, -0.15) is 0 Å². The second kappa shape index (κ2) is 9.54. The number of aryl methyl sites for hydroxylation is 1. The largest absolute Gasteiger partial charge is 0.302 e. The van der Waals surface area contributed by atoms with Gasteiger partial charge in [-0.25, -0.2) is 0 Å². The Kier molecular flexibility index (Phi) is 6.18. The summed E-state index contributed by atoms with van der Waals surface area (Å²) in [6, 6.07) is 39.9. The quantitative estimate of drug-likeness (QED) is 0.321. The van der Waals surface area contributed by atoms with Gasteiger partial charge < -0.3 is 4.90 Å². The van der Waals surface area contributed by atoms with Crippen molar-refractivity contribution in [3.63, 3.8) is 0 Å². The van der Waals surface area contributed by atoms with E-state index in [-0.39, 0.29) is 0 Å². The van der Waals surface area contributed by atoms with Crippen molar-refractivity contribution in [2.45, 2.75) is 25.3 Å². The highest BCUT2D eigenvalue weighted by Crippen LogP contribution is 2.42. The molecule has 4 aromatic rings. The Morgan fingerprint density at radius 2 is 1.38 bits per heavy atom. The molecular weight excluding hydrogens is 386 g/mol. The third-order valence-electron chi connectivity index (χ3n) is 6.84. The van der Waals surface area contributed by atoms with Crippen molar-refractivity contribution in [2.24, 2.45) is 5.92 Å². The summed E-state index contributed by atoms with van der Waals surface area (Å²) in [6.45, 7) is 2.10. The molecule has 5 rings (SSSR count). The molecule has 1 nitrogen and oxygen atoms in total. The molecule has 1 aliphatic rings. The van der Waals surface area contributed by atoms with Crippen LogP contribution in [0.25, 0.3) is 11.1 Å². The molecule has 0 heterocycles. The predicted molar refractivity (Wildman–Crippen MR) is 135 cm³/mol. The summed E-state index contributed by atoms with van der Waals surface area (Å²) in [7, 11) is 2.27. The van der Waals surface area contributed by atoms with E-state index in [1.165, 1.54) is 39.8 Å². The summed E-state index contributed by atoms with van der Waals surface area (Å²) in [4.78, 5) is 2.50. The zero-order valence-electron chi connectivity index (χ0n) is 18.8. The molecule has 2 unspecified atom stereocenters. The SMILES string of the molecule is CN(Cc1ccccc1)CC1CCc2cc(-c3ccccc3)ccc2C1c1ccccc1. The van der Waals surface area contributed by atoms with Crippen molar-refractivity contribution in [3.8, 4) is 11.1 Å². The van der Waals surface area contributed by atoms with Crippen molar-refractivity contribution in [1.29, 1.82) is 0 Å². The van der Waals surface area contributed by atoms with Crippen molar-refractivity contribution in [3.05, 3.63) is 131 Å². The van der Waals surface area contributed by atoms with Gasteiger partial charge in [-0.05, 0) is 59.2 Å². The molecule has 1 heteroatoms. The molecule has 0 radical (unpaired) electrons. The molecular formula is C31H31N. The summed E-state index contributed by atoms with van der Waals surface area (Å²) in [5.41, 5.74) is 8.49. The minimum Gasteiger partial charge on any atom is -0.302 e. The monoisotopic (exact) mass is 417 g/mol. The first-order valence-corrected chi connectivity index (χ1v) is 11.7. The van der Waals surface area contributed by atoms with Crippen LogP contribution in [0.2, 0.25) is 0 Å². The number of fused-ring (bicyclic) bond motifs is 1. The van der Waals surface area contributed by atoms with Crippen LogP contribution in [0.4, 0.5) is 0 Å². The van der Waals surface area contributed by atoms with E-state index in [9.17, 15) is 0 Å². The molecule has 0 saturated heterocycles. The zero-order valence-corrected chi connectivity index (χ0v) is 18.8. The maximum Gasteiger partial charge on any atom is 0.0230 e. The lowest BCUT2D eigenvalue weighted by atomic mass is 9.71. The summed E-state index contributed by atoms with van der Waals surface area (Å²) in [6.07, 6.45) is 2.38. The Labute approximate surface area is 192 Å². The van der Waals surface area contributed by atoms with Crippen LogP contribution in [0.15, 0.2) is 109 Å². The Hall–Kier alpha value is -3.16. The Morgan fingerprint density at radius 3 is 2.09 bits per heavy atom. The van der Waals surface area contributed by atoms with Crippen molar-refractivity contribution < 1.29 is 0 Å². The van der Waals surface area contributed by atoms with Gasteiger partial charge in [-0.15, -0.1) is 0 Å². The Balaban J connectivity index is 1.44. The fourth-order valence-corrected chi connectivity index (χ4v) is 5.37. The average Bonchev–Trinajstić information content (AvgIpc) is 2.85. The number of rotatable bonds is 6. The summed E-state index contributed by atoms with van der Waals surface area (Å²) >= 11 is 0. The second-order valence-electron chi connectivity index (χ2n) is 9.15. The first-order chi connectivity index (χ1) is 15.8. The van der Waals surface area contributed by atoms with Crippen molar-refractivity contribution in [2.75, 3.05) is 13.6 Å². The number of nitrogens with zero attached hydrogens (tertiary/aromatic N) is 1. The second-order valence-corrected chi connectivity index (χ2v) is 9.15. The van der Waals surface area contributed by atoms with Gasteiger partial charge in [0, 0.05) is 19.0 Å². The molecule has 0 aliphatic heterocycles. The van der Waals surface area contributed by atoms with E-state index in [0.717, 1.165) is 19.5 Å². The Morgan fingerprint density at radius 1 is 0.719 bits per heavy atom. The molecule has 0 saturated carbocycles. The number of benzene rings is 4. The van der Waals surface area contributed by atoms with Crippen molar-refractivity contribution >= 4 is 0 Å². The van der Waals surface area contributed by atoms with Crippen LogP contribution in [-0.2, 0) is 13.0 Å². The summed E-state index contributed by atoms with van der Waals surface area (Å²) in [5, 5.41) is 0. The van der Waals surface area contributed by atoms with E-state index in [1.807, 2.05) is 0 Å². The maximum absolute atomic E-state index is 2.50. The van der Waals surface area contributed by atoms with E-state index < -0.39 is 0 Å².